The topological polar surface area (TPSA) is 103 Å². The summed E-state index contributed by atoms with van der Waals surface area (Å²) in [6.45, 7) is 9.74. The molecule has 0 amide bonds. The van der Waals surface area contributed by atoms with Crippen molar-refractivity contribution in [1.82, 2.24) is 8.96 Å². The van der Waals surface area contributed by atoms with Crippen LogP contribution in [0.25, 0.3) is 15.9 Å². The fraction of sp³-hybridized carbons (Fsp3) is 0.310. The van der Waals surface area contributed by atoms with Gasteiger partial charge in [-0.1, -0.05) is 35.9 Å². The molecule has 4 aromatic rings. The minimum Gasteiger partial charge on any atom is -0.380 e. The quantitative estimate of drug-likeness (QED) is 0.200. The number of aromatic nitrogens is 2. The Hall–Kier alpha value is -3.72. The standard InChI is InChI=1S/C29H30N4O5S2/c1-21-9-15-25(16-10-21)40(36,37)38-20-22-11-13-23(14-12-22)32(3)28-26-17-18-33(29(26)31-19-27(28)30-2)39(34,35)24-7-5-4-6-8-24/h4-10,15-19,22-23H,11-14,20H2,1,3H3. The van der Waals surface area contributed by atoms with Crippen molar-refractivity contribution in [3.05, 3.63) is 90.0 Å². The van der Waals surface area contributed by atoms with Crippen molar-refractivity contribution >= 4 is 42.5 Å². The zero-order valence-corrected chi connectivity index (χ0v) is 23.9. The smallest absolute Gasteiger partial charge is 0.296 e. The molecule has 0 radical (unpaired) electrons. The highest BCUT2D eigenvalue weighted by atomic mass is 32.2. The van der Waals surface area contributed by atoms with Crippen LogP contribution >= 0.6 is 0 Å². The molecule has 2 aromatic carbocycles. The molecular formula is C29H30N4O5S2. The van der Waals surface area contributed by atoms with Crippen molar-refractivity contribution < 1.29 is 21.0 Å². The number of hydrogen-bond donors (Lipinski definition) is 0. The average Bonchev–Trinajstić information content (AvgIpc) is 3.41. The van der Waals surface area contributed by atoms with Gasteiger partial charge in [0.05, 0.1) is 28.7 Å². The maximum atomic E-state index is 13.3. The number of aryl methyl sites for hydroxylation is 1. The lowest BCUT2D eigenvalue weighted by Gasteiger charge is -2.36. The van der Waals surface area contributed by atoms with E-state index < -0.39 is 20.1 Å². The van der Waals surface area contributed by atoms with Crippen molar-refractivity contribution in [2.24, 2.45) is 5.92 Å². The SMILES string of the molecule is [C-]#[N+]c1cnc2c(ccn2S(=O)(=O)c2ccccc2)c1N(C)C1CCC(COS(=O)(=O)c2ccc(C)cc2)CC1. The number of anilines is 1. The molecule has 2 aromatic heterocycles. The lowest BCUT2D eigenvalue weighted by Crippen LogP contribution is -2.36. The molecule has 9 nitrogen and oxygen atoms in total. The van der Waals surface area contributed by atoms with Gasteiger partial charge in [-0.25, -0.2) is 22.2 Å². The second-order valence-electron chi connectivity index (χ2n) is 10.1. The Morgan fingerprint density at radius 1 is 0.975 bits per heavy atom. The lowest BCUT2D eigenvalue weighted by atomic mass is 9.85. The number of benzene rings is 2. The summed E-state index contributed by atoms with van der Waals surface area (Å²) < 4.78 is 58.4. The minimum atomic E-state index is -3.86. The molecule has 0 spiro atoms. The largest absolute Gasteiger partial charge is 0.380 e. The molecule has 2 heterocycles. The third kappa shape index (κ3) is 5.35. The molecule has 0 bridgehead atoms. The predicted molar refractivity (Wildman–Crippen MR) is 153 cm³/mol. The van der Waals surface area contributed by atoms with Gasteiger partial charge in [0.1, 0.15) is 0 Å². The van der Waals surface area contributed by atoms with Crippen molar-refractivity contribution in [2.75, 3.05) is 18.6 Å². The Bertz CT molecular complexity index is 1770. The first kappa shape index (κ1) is 27.8. The van der Waals surface area contributed by atoms with E-state index >= 15 is 0 Å². The van der Waals surface area contributed by atoms with Crippen molar-refractivity contribution in [3.63, 3.8) is 0 Å². The summed E-state index contributed by atoms with van der Waals surface area (Å²) in [5.74, 6) is 0.0970. The summed E-state index contributed by atoms with van der Waals surface area (Å²) in [6, 6.07) is 16.5. The van der Waals surface area contributed by atoms with E-state index in [1.807, 2.05) is 18.9 Å². The zero-order valence-electron chi connectivity index (χ0n) is 22.3. The van der Waals surface area contributed by atoms with Crippen LogP contribution in [-0.4, -0.2) is 45.5 Å². The van der Waals surface area contributed by atoms with Gasteiger partial charge in [0.25, 0.3) is 20.1 Å². The number of rotatable bonds is 8. The van der Waals surface area contributed by atoms with Crippen LogP contribution in [-0.2, 0) is 24.3 Å². The van der Waals surface area contributed by atoms with Gasteiger partial charge in [-0.3, -0.25) is 4.18 Å². The van der Waals surface area contributed by atoms with Gasteiger partial charge in [-0.15, -0.1) is 0 Å². The fourth-order valence-corrected chi connectivity index (χ4v) is 7.53. The van der Waals surface area contributed by atoms with Crippen LogP contribution in [0.5, 0.6) is 0 Å². The van der Waals surface area contributed by atoms with E-state index in [0.29, 0.717) is 16.8 Å². The number of hydrogen-bond acceptors (Lipinski definition) is 7. The van der Waals surface area contributed by atoms with Gasteiger partial charge in [0, 0.05) is 30.9 Å². The van der Waals surface area contributed by atoms with Crippen molar-refractivity contribution in [1.29, 1.82) is 0 Å². The number of fused-ring (bicyclic) bond motifs is 1. The van der Waals surface area contributed by atoms with Gasteiger partial charge in [-0.2, -0.15) is 8.42 Å². The van der Waals surface area contributed by atoms with Crippen LogP contribution in [0.15, 0.2) is 82.8 Å². The van der Waals surface area contributed by atoms with Crippen LogP contribution in [0.1, 0.15) is 31.2 Å². The Kier molecular flexibility index (Phi) is 7.68. The van der Waals surface area contributed by atoms with E-state index in [2.05, 4.69) is 9.83 Å². The van der Waals surface area contributed by atoms with Gasteiger partial charge in [0.2, 0.25) is 5.69 Å². The maximum Gasteiger partial charge on any atom is 0.296 e. The second-order valence-corrected chi connectivity index (χ2v) is 13.5. The molecule has 1 aliphatic rings. The second kappa shape index (κ2) is 11.0. The average molecular weight is 579 g/mol. The fourth-order valence-electron chi connectivity index (χ4n) is 5.23. The van der Waals surface area contributed by atoms with E-state index in [-0.39, 0.29) is 34.0 Å². The van der Waals surface area contributed by atoms with Crippen LogP contribution in [0, 0.1) is 19.4 Å². The summed E-state index contributed by atoms with van der Waals surface area (Å²) >= 11 is 0. The molecule has 0 aliphatic heterocycles. The molecule has 11 heteroatoms. The molecule has 1 saturated carbocycles. The minimum absolute atomic E-state index is 0.0881. The predicted octanol–water partition coefficient (Wildman–Crippen LogP) is 5.53. The molecule has 208 valence electrons. The summed E-state index contributed by atoms with van der Waals surface area (Å²) in [5, 5.41) is 0.588. The van der Waals surface area contributed by atoms with Crippen LogP contribution < -0.4 is 4.90 Å². The van der Waals surface area contributed by atoms with E-state index in [4.69, 9.17) is 10.8 Å². The van der Waals surface area contributed by atoms with Crippen LogP contribution in [0.4, 0.5) is 11.4 Å². The van der Waals surface area contributed by atoms with E-state index in [0.717, 1.165) is 35.2 Å². The molecule has 0 N–H and O–H groups in total. The summed E-state index contributed by atoms with van der Waals surface area (Å²) in [6.07, 6.45) is 5.99. The third-order valence-corrected chi connectivity index (χ3v) is 10.5. The van der Waals surface area contributed by atoms with Gasteiger partial charge in [0.15, 0.2) is 5.65 Å². The first-order chi connectivity index (χ1) is 19.1. The van der Waals surface area contributed by atoms with Crippen molar-refractivity contribution in [2.45, 2.75) is 48.4 Å². The van der Waals surface area contributed by atoms with Gasteiger partial charge < -0.3 is 4.90 Å². The Balaban J connectivity index is 1.32. The summed E-state index contributed by atoms with van der Waals surface area (Å²) in [4.78, 5) is 10.4. The molecule has 1 aliphatic carbocycles. The molecule has 0 atom stereocenters. The molecule has 5 rings (SSSR count). The summed E-state index contributed by atoms with van der Waals surface area (Å²) in [7, 11) is -5.76. The van der Waals surface area contributed by atoms with Crippen molar-refractivity contribution in [3.8, 4) is 0 Å². The molecule has 1 fully saturated rings. The first-order valence-electron chi connectivity index (χ1n) is 13.0. The first-order valence-corrected chi connectivity index (χ1v) is 15.8. The molecular weight excluding hydrogens is 548 g/mol. The molecule has 0 saturated heterocycles. The van der Waals surface area contributed by atoms with Crippen LogP contribution in [0.2, 0.25) is 0 Å². The zero-order chi connectivity index (χ0) is 28.5. The molecule has 40 heavy (non-hydrogen) atoms. The normalized spacial score (nSPS) is 17.9. The van der Waals surface area contributed by atoms with Gasteiger partial charge >= 0.3 is 0 Å². The highest BCUT2D eigenvalue weighted by molar-refractivity contribution is 7.90. The Morgan fingerprint density at radius 3 is 2.30 bits per heavy atom. The number of pyridine rings is 1. The highest BCUT2D eigenvalue weighted by Crippen LogP contribution is 2.40. The number of nitrogens with zero attached hydrogens (tertiary/aromatic N) is 4. The molecule has 0 unspecified atom stereocenters. The van der Waals surface area contributed by atoms with E-state index in [1.165, 1.54) is 24.5 Å². The maximum absolute atomic E-state index is 13.3. The van der Waals surface area contributed by atoms with E-state index in [1.54, 1.807) is 48.5 Å². The Labute approximate surface area is 235 Å². The highest BCUT2D eigenvalue weighted by Gasteiger charge is 2.29. The van der Waals surface area contributed by atoms with Crippen LogP contribution in [0.3, 0.4) is 0 Å². The summed E-state index contributed by atoms with van der Waals surface area (Å²) in [5.41, 5.74) is 2.23. The van der Waals surface area contributed by atoms with E-state index in [9.17, 15) is 16.8 Å². The monoisotopic (exact) mass is 578 g/mol. The lowest BCUT2D eigenvalue weighted by molar-refractivity contribution is 0.204. The third-order valence-electron chi connectivity index (χ3n) is 7.54. The Morgan fingerprint density at radius 2 is 1.65 bits per heavy atom. The van der Waals surface area contributed by atoms with Gasteiger partial charge in [-0.05, 0) is 68.9 Å².